The highest BCUT2D eigenvalue weighted by molar-refractivity contribution is 6.09. The highest BCUT2D eigenvalue weighted by Crippen LogP contribution is 2.27. The lowest BCUT2D eigenvalue weighted by Gasteiger charge is -2.12. The molecule has 3 nitrogen and oxygen atoms in total. The smallest absolute Gasteiger partial charge is 0.256 e. The van der Waals surface area contributed by atoms with Gasteiger partial charge in [-0.1, -0.05) is 61.9 Å². The minimum absolute atomic E-state index is 0.181. The number of anilines is 1. The number of hydrogen-bond acceptors (Lipinski definition) is 2. The Kier molecular flexibility index (Phi) is 6.02. The quantitative estimate of drug-likeness (QED) is 0.606. The van der Waals surface area contributed by atoms with Crippen molar-refractivity contribution in [2.45, 2.75) is 26.2 Å². The Morgan fingerprint density at radius 3 is 2.30 bits per heavy atom. The summed E-state index contributed by atoms with van der Waals surface area (Å²) in [6.07, 6.45) is 3.38. The van der Waals surface area contributed by atoms with Gasteiger partial charge >= 0.3 is 0 Å². The molecule has 0 fully saturated rings. The van der Waals surface area contributed by atoms with E-state index in [2.05, 4.69) is 30.4 Å². The second kappa shape index (κ2) is 8.82. The van der Waals surface area contributed by atoms with Crippen LogP contribution in [0.2, 0.25) is 0 Å². The maximum absolute atomic E-state index is 12.9. The number of nitrogens with one attached hydrogen (secondary N) is 1. The van der Waals surface area contributed by atoms with Crippen molar-refractivity contribution in [3.63, 3.8) is 0 Å². The van der Waals surface area contributed by atoms with Crippen LogP contribution in [0.4, 0.5) is 5.69 Å². The summed E-state index contributed by atoms with van der Waals surface area (Å²) in [5.41, 5.74) is 4.67. The topological polar surface area (TPSA) is 52.9 Å². The number of benzene rings is 3. The first-order chi connectivity index (χ1) is 13.2. The summed E-state index contributed by atoms with van der Waals surface area (Å²) in [6.45, 7) is 2.18. The second-order valence-electron chi connectivity index (χ2n) is 6.46. The lowest BCUT2D eigenvalue weighted by Crippen LogP contribution is -2.13. The molecule has 0 heterocycles. The van der Waals surface area contributed by atoms with Crippen molar-refractivity contribution >= 4 is 11.6 Å². The van der Waals surface area contributed by atoms with Crippen LogP contribution in [-0.4, -0.2) is 5.91 Å². The predicted octanol–water partition coefficient (Wildman–Crippen LogP) is 5.82. The first-order valence-electron chi connectivity index (χ1n) is 9.21. The van der Waals surface area contributed by atoms with E-state index in [0.29, 0.717) is 11.1 Å². The average molecular weight is 354 g/mol. The highest BCUT2D eigenvalue weighted by atomic mass is 16.1. The van der Waals surface area contributed by atoms with Gasteiger partial charge in [-0.15, -0.1) is 0 Å². The van der Waals surface area contributed by atoms with Gasteiger partial charge < -0.3 is 5.32 Å². The number of nitrogens with zero attached hydrogens (tertiary/aromatic N) is 1. The monoisotopic (exact) mass is 354 g/mol. The third-order valence-corrected chi connectivity index (χ3v) is 4.54. The number of unbranched alkanes of at least 4 members (excludes halogenated alkanes) is 1. The molecule has 0 radical (unpaired) electrons. The Bertz CT molecular complexity index is 968. The molecule has 0 unspecified atom stereocenters. The summed E-state index contributed by atoms with van der Waals surface area (Å²) < 4.78 is 0. The van der Waals surface area contributed by atoms with Gasteiger partial charge in [0.2, 0.25) is 0 Å². The lowest BCUT2D eigenvalue weighted by atomic mass is 9.95. The van der Waals surface area contributed by atoms with Crippen LogP contribution >= 0.6 is 0 Å². The van der Waals surface area contributed by atoms with Gasteiger partial charge in [-0.05, 0) is 48.2 Å². The zero-order valence-electron chi connectivity index (χ0n) is 15.4. The molecule has 0 bridgehead atoms. The molecule has 27 heavy (non-hydrogen) atoms. The molecule has 0 aliphatic rings. The van der Waals surface area contributed by atoms with Gasteiger partial charge in [0.05, 0.1) is 11.6 Å². The third-order valence-electron chi connectivity index (χ3n) is 4.54. The molecule has 3 aromatic carbocycles. The fourth-order valence-electron chi connectivity index (χ4n) is 3.07. The SMILES string of the molecule is CCCCc1ccc(NC(=O)c2ccccc2-c2ccccc2C#N)cc1. The van der Waals surface area contributed by atoms with Crippen LogP contribution in [0.15, 0.2) is 72.8 Å². The summed E-state index contributed by atoms with van der Waals surface area (Å²) in [6, 6.07) is 24.9. The molecule has 3 aromatic rings. The Balaban J connectivity index is 1.85. The van der Waals surface area contributed by atoms with E-state index in [1.54, 1.807) is 12.1 Å². The molecule has 0 saturated heterocycles. The second-order valence-corrected chi connectivity index (χ2v) is 6.46. The molecule has 0 aliphatic heterocycles. The van der Waals surface area contributed by atoms with Crippen molar-refractivity contribution in [3.8, 4) is 17.2 Å². The Morgan fingerprint density at radius 1 is 0.926 bits per heavy atom. The summed E-state index contributed by atoms with van der Waals surface area (Å²) >= 11 is 0. The van der Waals surface area contributed by atoms with Crippen molar-refractivity contribution in [3.05, 3.63) is 89.5 Å². The fourth-order valence-corrected chi connectivity index (χ4v) is 3.07. The Labute approximate surface area is 160 Å². The van der Waals surface area contributed by atoms with Crippen LogP contribution in [0.1, 0.15) is 41.3 Å². The minimum atomic E-state index is -0.181. The number of amides is 1. The molecule has 0 atom stereocenters. The van der Waals surface area contributed by atoms with Crippen molar-refractivity contribution in [2.24, 2.45) is 0 Å². The molecule has 1 amide bonds. The van der Waals surface area contributed by atoms with Gasteiger partial charge in [0, 0.05) is 16.8 Å². The van der Waals surface area contributed by atoms with Gasteiger partial charge in [-0.2, -0.15) is 5.26 Å². The highest BCUT2D eigenvalue weighted by Gasteiger charge is 2.14. The first kappa shape index (κ1) is 18.4. The van der Waals surface area contributed by atoms with Crippen LogP contribution in [-0.2, 0) is 6.42 Å². The van der Waals surface area contributed by atoms with Crippen LogP contribution in [0, 0.1) is 11.3 Å². The van der Waals surface area contributed by atoms with Crippen molar-refractivity contribution in [2.75, 3.05) is 5.32 Å². The standard InChI is InChI=1S/C24H22N2O/c1-2-3-8-18-13-15-20(16-14-18)26-24(27)23-12-7-6-11-22(23)21-10-5-4-9-19(21)17-25/h4-7,9-16H,2-3,8H2,1H3,(H,26,27). The largest absolute Gasteiger partial charge is 0.322 e. The Morgan fingerprint density at radius 2 is 1.59 bits per heavy atom. The molecule has 0 aliphatic carbocycles. The number of hydrogen-bond donors (Lipinski definition) is 1. The summed E-state index contributed by atoms with van der Waals surface area (Å²) in [5, 5.41) is 12.3. The van der Waals surface area contributed by atoms with Gasteiger partial charge in [0.25, 0.3) is 5.91 Å². The van der Waals surface area contributed by atoms with E-state index in [1.807, 2.05) is 48.5 Å². The van der Waals surface area contributed by atoms with E-state index < -0.39 is 0 Å². The maximum atomic E-state index is 12.9. The summed E-state index contributed by atoms with van der Waals surface area (Å²) in [4.78, 5) is 12.9. The van der Waals surface area contributed by atoms with E-state index in [1.165, 1.54) is 12.0 Å². The normalized spacial score (nSPS) is 10.2. The number of rotatable bonds is 6. The Hall–Kier alpha value is -3.38. The molecule has 3 heteroatoms. The minimum Gasteiger partial charge on any atom is -0.322 e. The fraction of sp³-hybridized carbons (Fsp3) is 0.167. The van der Waals surface area contributed by atoms with Gasteiger partial charge in [0.1, 0.15) is 0 Å². The van der Waals surface area contributed by atoms with Crippen LogP contribution in [0.5, 0.6) is 0 Å². The number of nitriles is 1. The average Bonchev–Trinajstić information content (AvgIpc) is 2.73. The van der Waals surface area contributed by atoms with Crippen molar-refractivity contribution < 1.29 is 4.79 Å². The van der Waals surface area contributed by atoms with Crippen LogP contribution < -0.4 is 5.32 Å². The zero-order chi connectivity index (χ0) is 19.1. The van der Waals surface area contributed by atoms with Gasteiger partial charge in [-0.25, -0.2) is 0 Å². The first-order valence-corrected chi connectivity index (χ1v) is 9.21. The number of carbonyl (C=O) groups excluding carboxylic acids is 1. The lowest BCUT2D eigenvalue weighted by molar-refractivity contribution is 0.102. The van der Waals surface area contributed by atoms with E-state index >= 15 is 0 Å². The molecule has 0 aromatic heterocycles. The van der Waals surface area contributed by atoms with Crippen LogP contribution in [0.3, 0.4) is 0 Å². The molecular weight excluding hydrogens is 332 g/mol. The molecule has 0 saturated carbocycles. The van der Waals surface area contributed by atoms with E-state index in [0.717, 1.165) is 29.7 Å². The third kappa shape index (κ3) is 4.43. The summed E-state index contributed by atoms with van der Waals surface area (Å²) in [7, 11) is 0. The zero-order valence-corrected chi connectivity index (χ0v) is 15.4. The van der Waals surface area contributed by atoms with Gasteiger partial charge in [0.15, 0.2) is 0 Å². The molecule has 134 valence electrons. The number of aryl methyl sites for hydroxylation is 1. The van der Waals surface area contributed by atoms with Crippen molar-refractivity contribution in [1.29, 1.82) is 5.26 Å². The van der Waals surface area contributed by atoms with Crippen molar-refractivity contribution in [1.82, 2.24) is 0 Å². The van der Waals surface area contributed by atoms with Gasteiger partial charge in [-0.3, -0.25) is 4.79 Å². The molecule has 0 spiro atoms. The number of carbonyl (C=O) groups is 1. The molecule has 1 N–H and O–H groups in total. The van der Waals surface area contributed by atoms with E-state index in [9.17, 15) is 10.1 Å². The van der Waals surface area contributed by atoms with E-state index in [4.69, 9.17) is 0 Å². The summed E-state index contributed by atoms with van der Waals surface area (Å²) in [5.74, 6) is -0.181. The maximum Gasteiger partial charge on any atom is 0.256 e. The predicted molar refractivity (Wildman–Crippen MR) is 110 cm³/mol. The molecular formula is C24H22N2O. The molecule has 3 rings (SSSR count). The van der Waals surface area contributed by atoms with Crippen LogP contribution in [0.25, 0.3) is 11.1 Å². The van der Waals surface area contributed by atoms with E-state index in [-0.39, 0.29) is 5.91 Å².